The van der Waals surface area contributed by atoms with Crippen LogP contribution in [0, 0.1) is 6.92 Å². The smallest absolute Gasteiger partial charge is 0.279 e. The number of anilines is 1. The van der Waals surface area contributed by atoms with Crippen LogP contribution in [0.2, 0.25) is 5.02 Å². The highest BCUT2D eigenvalue weighted by atomic mass is 35.5. The zero-order chi connectivity index (χ0) is 18.4. The highest BCUT2D eigenvalue weighted by molar-refractivity contribution is 6.32. The molecule has 0 fully saturated rings. The van der Waals surface area contributed by atoms with Crippen molar-refractivity contribution in [1.29, 1.82) is 0 Å². The molecule has 0 saturated heterocycles. The number of carbonyl (C=O) groups is 1. The first-order valence-corrected chi connectivity index (χ1v) is 8.39. The fraction of sp³-hybridized carbons (Fsp3) is 0.316. The Bertz CT molecular complexity index is 749. The number of likely N-dealkylation sites (N-methyl/N-ethyl adjacent to an activating group) is 1. The van der Waals surface area contributed by atoms with Crippen LogP contribution in [-0.2, 0) is 11.3 Å². The Balaban J connectivity index is 1.96. The Morgan fingerprint density at radius 1 is 1.12 bits per heavy atom. The van der Waals surface area contributed by atoms with Gasteiger partial charge in [-0.3, -0.25) is 4.79 Å². The fourth-order valence-corrected chi connectivity index (χ4v) is 2.91. The summed E-state index contributed by atoms with van der Waals surface area (Å²) in [5.74, 6) is 1.34. The molecule has 0 aliphatic rings. The van der Waals surface area contributed by atoms with Crippen LogP contribution in [0.3, 0.4) is 0 Å². The summed E-state index contributed by atoms with van der Waals surface area (Å²) in [6.07, 6.45) is 0. The summed E-state index contributed by atoms with van der Waals surface area (Å²) < 4.78 is 10.5. The number of aryl methyl sites for hydroxylation is 1. The number of benzene rings is 2. The van der Waals surface area contributed by atoms with Crippen LogP contribution in [0.25, 0.3) is 0 Å². The number of rotatable bonds is 7. The number of methoxy groups -OCH3 is 2. The first-order valence-electron chi connectivity index (χ1n) is 8.01. The highest BCUT2D eigenvalue weighted by Crippen LogP contribution is 2.27. The quantitative estimate of drug-likeness (QED) is 0.793. The zero-order valence-electron chi connectivity index (χ0n) is 15.0. The number of halogens is 1. The summed E-state index contributed by atoms with van der Waals surface area (Å²) in [7, 11) is 5.18. The predicted octanol–water partition coefficient (Wildman–Crippen LogP) is 2.32. The van der Waals surface area contributed by atoms with Crippen LogP contribution in [0.15, 0.2) is 36.4 Å². The zero-order valence-corrected chi connectivity index (χ0v) is 15.7. The summed E-state index contributed by atoms with van der Waals surface area (Å²) in [4.78, 5) is 13.3. The minimum atomic E-state index is -0.0784. The van der Waals surface area contributed by atoms with Gasteiger partial charge < -0.3 is 19.7 Å². The number of hydrogen-bond donors (Lipinski definition) is 2. The standard InChI is InChI=1S/C19H23ClN2O3/c1-13-5-7-17(24-3)14(9-13)11-22(2)12-19(23)21-15-6-8-18(25-4)16(20)10-15/h5-10H,11-12H2,1-4H3,(H,21,23)/p+1. The average Bonchev–Trinajstić information content (AvgIpc) is 2.55. The summed E-state index contributed by atoms with van der Waals surface area (Å²) in [5.41, 5.74) is 2.90. The molecule has 2 aromatic carbocycles. The van der Waals surface area contributed by atoms with Gasteiger partial charge in [0, 0.05) is 11.3 Å². The average molecular weight is 364 g/mol. The Labute approximate surface area is 153 Å². The maximum absolute atomic E-state index is 12.3. The van der Waals surface area contributed by atoms with Gasteiger partial charge in [0.25, 0.3) is 5.91 Å². The molecule has 1 amide bonds. The van der Waals surface area contributed by atoms with Crippen molar-refractivity contribution in [2.75, 3.05) is 33.1 Å². The molecule has 0 aliphatic heterocycles. The van der Waals surface area contributed by atoms with Crippen molar-refractivity contribution >= 4 is 23.2 Å². The molecule has 134 valence electrons. The number of amides is 1. The van der Waals surface area contributed by atoms with E-state index in [4.69, 9.17) is 21.1 Å². The molecule has 0 saturated carbocycles. The molecule has 6 heteroatoms. The van der Waals surface area contributed by atoms with Gasteiger partial charge >= 0.3 is 0 Å². The minimum Gasteiger partial charge on any atom is -0.496 e. The van der Waals surface area contributed by atoms with Crippen molar-refractivity contribution in [3.63, 3.8) is 0 Å². The Hall–Kier alpha value is -2.24. The first kappa shape index (κ1) is 19.1. The molecule has 2 N–H and O–H groups in total. The van der Waals surface area contributed by atoms with Crippen LogP contribution in [-0.4, -0.2) is 33.7 Å². The van der Waals surface area contributed by atoms with E-state index in [1.54, 1.807) is 32.4 Å². The topological polar surface area (TPSA) is 52.0 Å². The Morgan fingerprint density at radius 3 is 2.44 bits per heavy atom. The van der Waals surface area contributed by atoms with Crippen molar-refractivity contribution in [1.82, 2.24) is 0 Å². The number of carbonyl (C=O) groups excluding carboxylic acids is 1. The molecule has 0 bridgehead atoms. The van der Waals surface area contributed by atoms with E-state index in [0.29, 0.717) is 29.5 Å². The SMILES string of the molecule is COc1ccc(NC(=O)C[NH+](C)Cc2cc(C)ccc2OC)cc1Cl. The molecule has 1 unspecified atom stereocenters. The van der Waals surface area contributed by atoms with Crippen LogP contribution in [0.4, 0.5) is 5.69 Å². The first-order chi connectivity index (χ1) is 11.9. The van der Waals surface area contributed by atoms with Crippen LogP contribution < -0.4 is 19.7 Å². The largest absolute Gasteiger partial charge is 0.496 e. The monoisotopic (exact) mass is 363 g/mol. The fourth-order valence-electron chi connectivity index (χ4n) is 2.66. The van der Waals surface area contributed by atoms with Gasteiger partial charge in [0.2, 0.25) is 0 Å². The highest BCUT2D eigenvalue weighted by Gasteiger charge is 2.14. The molecule has 0 aromatic heterocycles. The van der Waals surface area contributed by atoms with E-state index in [0.717, 1.165) is 16.2 Å². The number of hydrogen-bond acceptors (Lipinski definition) is 3. The van der Waals surface area contributed by atoms with E-state index in [2.05, 4.69) is 11.4 Å². The van der Waals surface area contributed by atoms with Gasteiger partial charge in [-0.05, 0) is 37.3 Å². The van der Waals surface area contributed by atoms with Gasteiger partial charge in [0.1, 0.15) is 18.0 Å². The number of ether oxygens (including phenoxy) is 2. The molecule has 1 atom stereocenters. The van der Waals surface area contributed by atoms with Gasteiger partial charge in [-0.2, -0.15) is 0 Å². The normalized spacial score (nSPS) is 11.7. The lowest BCUT2D eigenvalue weighted by atomic mass is 10.1. The molecule has 2 rings (SSSR count). The second-order valence-electron chi connectivity index (χ2n) is 6.02. The predicted molar refractivity (Wildman–Crippen MR) is 99.8 cm³/mol. The van der Waals surface area contributed by atoms with Crippen LogP contribution >= 0.6 is 11.6 Å². The van der Waals surface area contributed by atoms with Gasteiger partial charge in [0.15, 0.2) is 6.54 Å². The molecule has 0 spiro atoms. The third-order valence-corrected chi connectivity index (χ3v) is 4.12. The third-order valence-electron chi connectivity index (χ3n) is 3.83. The van der Waals surface area contributed by atoms with Gasteiger partial charge in [-0.15, -0.1) is 0 Å². The van der Waals surface area contributed by atoms with Crippen molar-refractivity contribution < 1.29 is 19.2 Å². The Kier molecular flexibility index (Phi) is 6.67. The van der Waals surface area contributed by atoms with Gasteiger partial charge in [0.05, 0.1) is 26.3 Å². The van der Waals surface area contributed by atoms with E-state index in [-0.39, 0.29) is 5.91 Å². The lowest BCUT2D eigenvalue weighted by Crippen LogP contribution is -3.08. The van der Waals surface area contributed by atoms with Crippen molar-refractivity contribution in [3.8, 4) is 11.5 Å². The maximum atomic E-state index is 12.3. The van der Waals surface area contributed by atoms with Gasteiger partial charge in [-0.25, -0.2) is 0 Å². The second-order valence-corrected chi connectivity index (χ2v) is 6.43. The van der Waals surface area contributed by atoms with E-state index < -0.39 is 0 Å². The molecule has 0 heterocycles. The van der Waals surface area contributed by atoms with Gasteiger partial charge in [-0.1, -0.05) is 23.2 Å². The lowest BCUT2D eigenvalue weighted by molar-refractivity contribution is -0.885. The van der Waals surface area contributed by atoms with E-state index in [9.17, 15) is 4.79 Å². The lowest BCUT2D eigenvalue weighted by Gasteiger charge is -2.16. The van der Waals surface area contributed by atoms with E-state index in [1.165, 1.54) is 5.56 Å². The van der Waals surface area contributed by atoms with E-state index >= 15 is 0 Å². The van der Waals surface area contributed by atoms with Crippen molar-refractivity contribution in [3.05, 3.63) is 52.5 Å². The summed E-state index contributed by atoms with van der Waals surface area (Å²) in [5, 5.41) is 3.32. The summed E-state index contributed by atoms with van der Waals surface area (Å²) in [6, 6.07) is 11.2. The van der Waals surface area contributed by atoms with Crippen LogP contribution in [0.5, 0.6) is 11.5 Å². The molecule has 0 aliphatic carbocycles. The molecule has 2 aromatic rings. The third kappa shape index (κ3) is 5.37. The molecule has 0 radical (unpaired) electrons. The molecule has 25 heavy (non-hydrogen) atoms. The molecular formula is C19H24ClN2O3+. The Morgan fingerprint density at radius 2 is 1.80 bits per heavy atom. The van der Waals surface area contributed by atoms with Crippen molar-refractivity contribution in [2.45, 2.75) is 13.5 Å². The van der Waals surface area contributed by atoms with E-state index in [1.807, 2.05) is 26.1 Å². The minimum absolute atomic E-state index is 0.0784. The number of nitrogens with one attached hydrogen (secondary N) is 2. The number of quaternary nitrogens is 1. The summed E-state index contributed by atoms with van der Waals surface area (Å²) in [6.45, 7) is 3.07. The maximum Gasteiger partial charge on any atom is 0.279 e. The van der Waals surface area contributed by atoms with Crippen molar-refractivity contribution in [2.24, 2.45) is 0 Å². The second kappa shape index (κ2) is 8.74. The molecule has 5 nitrogen and oxygen atoms in total. The molecular weight excluding hydrogens is 340 g/mol. The summed E-state index contributed by atoms with van der Waals surface area (Å²) >= 11 is 6.08. The van der Waals surface area contributed by atoms with Crippen LogP contribution in [0.1, 0.15) is 11.1 Å².